The summed E-state index contributed by atoms with van der Waals surface area (Å²) in [6.07, 6.45) is 4.17. The van der Waals surface area contributed by atoms with Crippen molar-refractivity contribution in [2.45, 2.75) is 19.9 Å². The Hall–Kier alpha value is -3.22. The molecule has 0 N–H and O–H groups in total. The van der Waals surface area contributed by atoms with E-state index >= 15 is 0 Å². The molecule has 0 spiro atoms. The minimum absolute atomic E-state index is 0.0568. The van der Waals surface area contributed by atoms with Crippen LogP contribution >= 0.6 is 0 Å². The summed E-state index contributed by atoms with van der Waals surface area (Å²) in [7, 11) is 0. The number of hydrogen-bond donors (Lipinski definition) is 0. The second-order valence-corrected chi connectivity index (χ2v) is 7.08. The highest BCUT2D eigenvalue weighted by Gasteiger charge is 2.22. The molecular weight excluding hydrogens is 354 g/mol. The molecular formula is C21H23N5O2. The number of rotatable bonds is 3. The van der Waals surface area contributed by atoms with Gasteiger partial charge in [-0.1, -0.05) is 30.3 Å². The van der Waals surface area contributed by atoms with Crippen molar-refractivity contribution < 1.29 is 9.59 Å². The summed E-state index contributed by atoms with van der Waals surface area (Å²) >= 11 is 0. The molecule has 144 valence electrons. The first-order valence-electron chi connectivity index (χ1n) is 9.51. The molecule has 0 saturated carbocycles. The Kier molecular flexibility index (Phi) is 5.06. The highest BCUT2D eigenvalue weighted by molar-refractivity contribution is 5.96. The van der Waals surface area contributed by atoms with Crippen LogP contribution in [-0.4, -0.2) is 62.3 Å². The van der Waals surface area contributed by atoms with Gasteiger partial charge < -0.3 is 14.4 Å². The van der Waals surface area contributed by atoms with Crippen molar-refractivity contribution in [1.82, 2.24) is 24.3 Å². The fraction of sp³-hybridized carbons (Fsp3) is 0.333. The van der Waals surface area contributed by atoms with Crippen LogP contribution in [0.3, 0.4) is 0 Å². The van der Waals surface area contributed by atoms with Gasteiger partial charge in [0.15, 0.2) is 5.65 Å². The number of fused-ring (bicyclic) bond motifs is 1. The summed E-state index contributed by atoms with van der Waals surface area (Å²) in [6, 6.07) is 11.9. The first-order valence-corrected chi connectivity index (χ1v) is 9.51. The standard InChI is InChI=1S/C21H23N5O2/c1-16(27)24-8-5-9-25(11-10-24)21(28)18-12-19-20(22-13-18)26(15-23-19)14-17-6-3-2-4-7-17/h2-4,6-7,12-13,15H,5,8-11,14H2,1H3. The van der Waals surface area contributed by atoms with Gasteiger partial charge in [0, 0.05) is 39.3 Å². The number of pyridine rings is 1. The number of aromatic nitrogens is 3. The van der Waals surface area contributed by atoms with Crippen LogP contribution < -0.4 is 0 Å². The SMILES string of the molecule is CC(=O)N1CCCN(C(=O)c2cnc3c(c2)ncn3Cc2ccccc2)CC1. The number of carbonyl (C=O) groups is 2. The third kappa shape index (κ3) is 3.74. The lowest BCUT2D eigenvalue weighted by Gasteiger charge is -2.21. The molecule has 1 aromatic carbocycles. The third-order valence-electron chi connectivity index (χ3n) is 5.13. The molecule has 2 amide bonds. The Morgan fingerprint density at radius 1 is 1.00 bits per heavy atom. The maximum atomic E-state index is 12.9. The zero-order valence-corrected chi connectivity index (χ0v) is 15.9. The second kappa shape index (κ2) is 7.80. The van der Waals surface area contributed by atoms with Gasteiger partial charge >= 0.3 is 0 Å². The van der Waals surface area contributed by atoms with Crippen molar-refractivity contribution in [2.24, 2.45) is 0 Å². The van der Waals surface area contributed by atoms with Crippen LogP contribution in [0.1, 0.15) is 29.3 Å². The molecule has 0 unspecified atom stereocenters. The third-order valence-corrected chi connectivity index (χ3v) is 5.13. The van der Waals surface area contributed by atoms with E-state index in [1.54, 1.807) is 35.3 Å². The van der Waals surface area contributed by atoms with E-state index in [2.05, 4.69) is 22.1 Å². The number of imidazole rings is 1. The topological polar surface area (TPSA) is 71.3 Å². The lowest BCUT2D eigenvalue weighted by Crippen LogP contribution is -2.36. The van der Waals surface area contributed by atoms with E-state index < -0.39 is 0 Å². The summed E-state index contributed by atoms with van der Waals surface area (Å²) in [5, 5.41) is 0. The number of amides is 2. The predicted molar refractivity (Wildman–Crippen MR) is 106 cm³/mol. The molecule has 7 nitrogen and oxygen atoms in total. The average Bonchev–Trinajstić information content (AvgIpc) is 2.94. The number of benzene rings is 1. The number of nitrogens with zero attached hydrogens (tertiary/aromatic N) is 5. The smallest absolute Gasteiger partial charge is 0.255 e. The summed E-state index contributed by atoms with van der Waals surface area (Å²) in [4.78, 5) is 37.0. The fourth-order valence-electron chi connectivity index (χ4n) is 3.58. The molecule has 4 rings (SSSR count). The zero-order chi connectivity index (χ0) is 19.5. The minimum Gasteiger partial charge on any atom is -0.341 e. The first kappa shape index (κ1) is 18.2. The van der Waals surface area contributed by atoms with E-state index in [0.717, 1.165) is 12.1 Å². The van der Waals surface area contributed by atoms with Crippen molar-refractivity contribution in [3.63, 3.8) is 0 Å². The van der Waals surface area contributed by atoms with Gasteiger partial charge in [0.2, 0.25) is 5.91 Å². The van der Waals surface area contributed by atoms with E-state index in [9.17, 15) is 9.59 Å². The number of carbonyl (C=O) groups excluding carboxylic acids is 2. The first-order chi connectivity index (χ1) is 13.6. The average molecular weight is 377 g/mol. The Labute approximate surface area is 163 Å². The van der Waals surface area contributed by atoms with Gasteiger partial charge in [-0.05, 0) is 18.1 Å². The maximum absolute atomic E-state index is 12.9. The normalized spacial score (nSPS) is 14.9. The van der Waals surface area contributed by atoms with Gasteiger partial charge in [-0.25, -0.2) is 9.97 Å². The summed E-state index contributed by atoms with van der Waals surface area (Å²) in [6.45, 7) is 4.70. The number of hydrogen-bond acceptors (Lipinski definition) is 4. The van der Waals surface area contributed by atoms with Gasteiger partial charge in [-0.2, -0.15) is 0 Å². The molecule has 1 saturated heterocycles. The molecule has 3 aromatic rings. The Morgan fingerprint density at radius 2 is 1.75 bits per heavy atom. The van der Waals surface area contributed by atoms with E-state index in [1.807, 2.05) is 22.8 Å². The predicted octanol–water partition coefficient (Wildman–Crippen LogP) is 2.17. The van der Waals surface area contributed by atoms with Crippen molar-refractivity contribution >= 4 is 23.0 Å². The molecule has 1 aliphatic rings. The van der Waals surface area contributed by atoms with Crippen LogP contribution in [0.25, 0.3) is 11.2 Å². The zero-order valence-electron chi connectivity index (χ0n) is 15.9. The van der Waals surface area contributed by atoms with Crippen molar-refractivity contribution in [1.29, 1.82) is 0 Å². The van der Waals surface area contributed by atoms with Crippen LogP contribution in [0.15, 0.2) is 48.9 Å². The fourth-order valence-corrected chi connectivity index (χ4v) is 3.58. The van der Waals surface area contributed by atoms with E-state index in [-0.39, 0.29) is 11.8 Å². The van der Waals surface area contributed by atoms with Crippen LogP contribution in [-0.2, 0) is 11.3 Å². The van der Waals surface area contributed by atoms with Crippen LogP contribution in [0, 0.1) is 0 Å². The summed E-state index contributed by atoms with van der Waals surface area (Å²) in [5.74, 6) is -0.00116. The van der Waals surface area contributed by atoms with E-state index in [0.29, 0.717) is 43.8 Å². The van der Waals surface area contributed by atoms with Crippen molar-refractivity contribution in [2.75, 3.05) is 26.2 Å². The molecule has 28 heavy (non-hydrogen) atoms. The van der Waals surface area contributed by atoms with Gasteiger partial charge in [0.05, 0.1) is 18.4 Å². The molecule has 7 heteroatoms. The molecule has 3 heterocycles. The minimum atomic E-state index is -0.0580. The molecule has 0 atom stereocenters. The quantitative estimate of drug-likeness (QED) is 0.701. The largest absolute Gasteiger partial charge is 0.341 e. The molecule has 0 aliphatic carbocycles. The van der Waals surface area contributed by atoms with Crippen molar-refractivity contribution in [3.05, 3.63) is 60.0 Å². The monoisotopic (exact) mass is 377 g/mol. The molecule has 0 radical (unpaired) electrons. The van der Waals surface area contributed by atoms with Crippen LogP contribution in [0.4, 0.5) is 0 Å². The van der Waals surface area contributed by atoms with Gasteiger partial charge in [0.25, 0.3) is 5.91 Å². The van der Waals surface area contributed by atoms with E-state index in [1.165, 1.54) is 5.56 Å². The van der Waals surface area contributed by atoms with Crippen molar-refractivity contribution in [3.8, 4) is 0 Å². The molecule has 1 fully saturated rings. The van der Waals surface area contributed by atoms with Gasteiger partial charge in [-0.3, -0.25) is 9.59 Å². The molecule has 0 bridgehead atoms. The lowest BCUT2D eigenvalue weighted by atomic mass is 10.2. The second-order valence-electron chi connectivity index (χ2n) is 7.08. The van der Waals surface area contributed by atoms with E-state index in [4.69, 9.17) is 0 Å². The Balaban J connectivity index is 1.52. The maximum Gasteiger partial charge on any atom is 0.255 e. The summed E-state index contributed by atoms with van der Waals surface area (Å²) in [5.41, 5.74) is 3.18. The summed E-state index contributed by atoms with van der Waals surface area (Å²) < 4.78 is 1.98. The lowest BCUT2D eigenvalue weighted by molar-refractivity contribution is -0.128. The molecule has 2 aromatic heterocycles. The van der Waals surface area contributed by atoms with Crippen LogP contribution in [0.2, 0.25) is 0 Å². The highest BCUT2D eigenvalue weighted by atomic mass is 16.2. The Morgan fingerprint density at radius 3 is 2.54 bits per heavy atom. The van der Waals surface area contributed by atoms with Gasteiger partial charge in [-0.15, -0.1) is 0 Å². The van der Waals surface area contributed by atoms with Crippen LogP contribution in [0.5, 0.6) is 0 Å². The molecule has 1 aliphatic heterocycles. The van der Waals surface area contributed by atoms with Gasteiger partial charge in [0.1, 0.15) is 5.52 Å². The highest BCUT2D eigenvalue weighted by Crippen LogP contribution is 2.16. The Bertz CT molecular complexity index is 998.